The van der Waals surface area contributed by atoms with Crippen molar-refractivity contribution in [1.82, 2.24) is 0 Å². The molecule has 2 aliphatic heterocycles. The third-order valence-electron chi connectivity index (χ3n) is 6.10. The summed E-state index contributed by atoms with van der Waals surface area (Å²) in [6, 6.07) is 20.2. The number of carbonyl (C=O) groups excluding carboxylic acids is 3. The van der Waals surface area contributed by atoms with E-state index in [0.29, 0.717) is 22.6 Å². The average Bonchev–Trinajstić information content (AvgIpc) is 3.31. The quantitative estimate of drug-likeness (QED) is 0.597. The van der Waals surface area contributed by atoms with Gasteiger partial charge in [0, 0.05) is 16.9 Å². The summed E-state index contributed by atoms with van der Waals surface area (Å²) >= 11 is 1.22. The molecule has 1 saturated heterocycles. The van der Waals surface area contributed by atoms with Crippen molar-refractivity contribution in [1.29, 1.82) is 0 Å². The Balaban J connectivity index is 1.48. The van der Waals surface area contributed by atoms with E-state index in [2.05, 4.69) is 12.2 Å². The van der Waals surface area contributed by atoms with Crippen molar-refractivity contribution in [3.05, 3.63) is 89.7 Å². The van der Waals surface area contributed by atoms with Crippen LogP contribution in [-0.2, 0) is 25.7 Å². The van der Waals surface area contributed by atoms with Crippen LogP contribution in [0.5, 0.6) is 0 Å². The zero-order chi connectivity index (χ0) is 23.9. The predicted molar refractivity (Wildman–Crippen MR) is 131 cm³/mol. The monoisotopic (exact) mass is 475 g/mol. The molecule has 1 N–H and O–H groups in total. The molecule has 1 fully saturated rings. The van der Waals surface area contributed by atoms with Crippen LogP contribution in [-0.4, -0.2) is 30.0 Å². The molecule has 3 amide bonds. The summed E-state index contributed by atoms with van der Waals surface area (Å²) in [6.45, 7) is 1.86. The second-order valence-corrected chi connectivity index (χ2v) is 9.31. The Labute approximate surface area is 200 Å². The number of fused-ring (bicyclic) bond motifs is 2. The molecule has 0 aromatic heterocycles. The van der Waals surface area contributed by atoms with Gasteiger partial charge in [-0.05, 0) is 54.4 Å². The Morgan fingerprint density at radius 3 is 2.44 bits per heavy atom. The van der Waals surface area contributed by atoms with Crippen LogP contribution in [0.15, 0.2) is 72.8 Å². The van der Waals surface area contributed by atoms with E-state index in [1.54, 1.807) is 24.3 Å². The molecule has 3 aromatic rings. The fraction of sp³-hybridized carbons (Fsp3) is 0.192. The molecule has 5 rings (SSSR count). The summed E-state index contributed by atoms with van der Waals surface area (Å²) in [5.74, 6) is -1.29. The lowest BCUT2D eigenvalue weighted by molar-refractivity contribution is -0.124. The van der Waals surface area contributed by atoms with E-state index >= 15 is 0 Å². The van der Waals surface area contributed by atoms with Gasteiger partial charge in [0.05, 0.1) is 11.4 Å². The molecule has 8 heteroatoms. The number of thioether (sulfide) groups is 1. The number of carbonyl (C=O) groups is 3. The minimum atomic E-state index is -1.34. The zero-order valence-electron chi connectivity index (χ0n) is 18.5. The molecule has 172 valence electrons. The first-order valence-electron chi connectivity index (χ1n) is 11.0. The highest BCUT2D eigenvalue weighted by Crippen LogP contribution is 2.55. The van der Waals surface area contributed by atoms with Gasteiger partial charge >= 0.3 is 0 Å². The Morgan fingerprint density at radius 1 is 1.03 bits per heavy atom. The van der Waals surface area contributed by atoms with Crippen molar-refractivity contribution in [3.63, 3.8) is 0 Å². The highest BCUT2D eigenvalue weighted by atomic mass is 32.2. The Bertz CT molecular complexity index is 1280. The number of halogens is 1. The molecule has 1 unspecified atom stereocenters. The van der Waals surface area contributed by atoms with E-state index in [1.807, 2.05) is 24.3 Å². The van der Waals surface area contributed by atoms with Crippen molar-refractivity contribution >= 4 is 46.5 Å². The Kier molecular flexibility index (Phi) is 5.61. The van der Waals surface area contributed by atoms with Crippen LogP contribution in [0.2, 0.25) is 0 Å². The number of benzene rings is 3. The van der Waals surface area contributed by atoms with Crippen molar-refractivity contribution in [3.8, 4) is 0 Å². The van der Waals surface area contributed by atoms with Crippen molar-refractivity contribution in [2.75, 3.05) is 27.4 Å². The van der Waals surface area contributed by atoms with Gasteiger partial charge in [-0.25, -0.2) is 4.39 Å². The normalized spacial score (nSPS) is 19.1. The second kappa shape index (κ2) is 8.61. The van der Waals surface area contributed by atoms with E-state index in [9.17, 15) is 18.8 Å². The van der Waals surface area contributed by atoms with Gasteiger partial charge in [-0.2, -0.15) is 0 Å². The summed E-state index contributed by atoms with van der Waals surface area (Å²) in [4.78, 5) is 41.3. The first-order chi connectivity index (χ1) is 16.4. The summed E-state index contributed by atoms with van der Waals surface area (Å²) in [5.41, 5.74) is 3.46. The SMILES string of the molecule is CCc1ccc(NC(=O)CN2C(=O)C3(SCC(=O)N3c3ccc(F)cc3)c3ccccc32)cc1. The lowest BCUT2D eigenvalue weighted by Gasteiger charge is -2.33. The minimum absolute atomic E-state index is 0.0985. The summed E-state index contributed by atoms with van der Waals surface area (Å²) in [7, 11) is 0. The second-order valence-electron chi connectivity index (χ2n) is 8.15. The number of anilines is 3. The Hall–Kier alpha value is -3.65. The number of nitrogens with zero attached hydrogens (tertiary/aromatic N) is 2. The largest absolute Gasteiger partial charge is 0.325 e. The smallest absolute Gasteiger partial charge is 0.269 e. The number of para-hydroxylation sites is 1. The molecule has 2 aliphatic rings. The molecule has 1 atom stereocenters. The molecular weight excluding hydrogens is 453 g/mol. The number of aryl methyl sites for hydroxylation is 1. The number of hydrogen-bond donors (Lipinski definition) is 1. The van der Waals surface area contributed by atoms with Crippen LogP contribution in [0.1, 0.15) is 18.1 Å². The number of nitrogens with one attached hydrogen (secondary N) is 1. The fourth-order valence-electron chi connectivity index (χ4n) is 4.47. The Morgan fingerprint density at radius 2 is 1.74 bits per heavy atom. The number of rotatable bonds is 5. The summed E-state index contributed by atoms with van der Waals surface area (Å²) in [5, 5.41) is 2.85. The first-order valence-corrected chi connectivity index (χ1v) is 12.0. The van der Waals surface area contributed by atoms with Gasteiger partial charge in [-0.15, -0.1) is 11.8 Å². The summed E-state index contributed by atoms with van der Waals surface area (Å²) in [6.07, 6.45) is 0.899. The molecule has 2 heterocycles. The number of amides is 3. The molecular formula is C26H22FN3O3S. The van der Waals surface area contributed by atoms with Gasteiger partial charge in [0.15, 0.2) is 0 Å². The van der Waals surface area contributed by atoms with Crippen LogP contribution in [0.4, 0.5) is 21.5 Å². The maximum atomic E-state index is 13.9. The molecule has 0 radical (unpaired) electrons. The molecule has 0 saturated carbocycles. The number of hydrogen-bond acceptors (Lipinski definition) is 4. The van der Waals surface area contributed by atoms with Crippen LogP contribution in [0, 0.1) is 5.82 Å². The third kappa shape index (κ3) is 3.54. The van der Waals surface area contributed by atoms with Gasteiger partial charge in [0.2, 0.25) is 16.7 Å². The minimum Gasteiger partial charge on any atom is -0.325 e. The molecule has 1 spiro atoms. The van der Waals surface area contributed by atoms with Crippen molar-refractivity contribution < 1.29 is 18.8 Å². The standard InChI is InChI=1S/C26H22FN3O3S/c1-2-17-7-11-19(12-8-17)28-23(31)15-29-22-6-4-3-5-21(22)26(25(29)33)30(24(32)16-34-26)20-13-9-18(27)10-14-20/h3-14H,2,15-16H2,1H3,(H,28,31). The van der Waals surface area contributed by atoms with E-state index in [1.165, 1.54) is 45.8 Å². The van der Waals surface area contributed by atoms with E-state index in [4.69, 9.17) is 0 Å². The van der Waals surface area contributed by atoms with Crippen LogP contribution >= 0.6 is 11.8 Å². The summed E-state index contributed by atoms with van der Waals surface area (Å²) < 4.78 is 13.6. The van der Waals surface area contributed by atoms with Crippen LogP contribution in [0.25, 0.3) is 0 Å². The highest BCUT2D eigenvalue weighted by Gasteiger charge is 2.61. The molecule has 0 aliphatic carbocycles. The van der Waals surface area contributed by atoms with Gasteiger partial charge < -0.3 is 5.32 Å². The lowest BCUT2D eigenvalue weighted by atomic mass is 10.0. The fourth-order valence-corrected chi connectivity index (χ4v) is 5.83. The van der Waals surface area contributed by atoms with Gasteiger partial charge in [-0.1, -0.05) is 37.3 Å². The topological polar surface area (TPSA) is 69.7 Å². The molecule has 34 heavy (non-hydrogen) atoms. The van der Waals surface area contributed by atoms with Gasteiger partial charge in [0.25, 0.3) is 5.91 Å². The lowest BCUT2D eigenvalue weighted by Crippen LogP contribution is -2.50. The van der Waals surface area contributed by atoms with E-state index in [-0.39, 0.29) is 30.0 Å². The maximum absolute atomic E-state index is 13.9. The predicted octanol–water partition coefficient (Wildman–Crippen LogP) is 4.31. The highest BCUT2D eigenvalue weighted by molar-refractivity contribution is 8.02. The molecule has 6 nitrogen and oxygen atoms in total. The van der Waals surface area contributed by atoms with Gasteiger partial charge in [0.1, 0.15) is 12.4 Å². The average molecular weight is 476 g/mol. The maximum Gasteiger partial charge on any atom is 0.269 e. The van der Waals surface area contributed by atoms with Crippen LogP contribution < -0.4 is 15.1 Å². The third-order valence-corrected chi connectivity index (χ3v) is 7.48. The van der Waals surface area contributed by atoms with E-state index in [0.717, 1.165) is 12.0 Å². The molecule has 3 aromatic carbocycles. The molecule has 0 bridgehead atoms. The van der Waals surface area contributed by atoms with Crippen molar-refractivity contribution in [2.45, 2.75) is 18.2 Å². The van der Waals surface area contributed by atoms with Crippen LogP contribution in [0.3, 0.4) is 0 Å². The first kappa shape index (κ1) is 22.2. The van der Waals surface area contributed by atoms with Gasteiger partial charge in [-0.3, -0.25) is 24.2 Å². The van der Waals surface area contributed by atoms with Crippen molar-refractivity contribution in [2.24, 2.45) is 0 Å². The zero-order valence-corrected chi connectivity index (χ0v) is 19.3. The van der Waals surface area contributed by atoms with E-state index < -0.39 is 10.7 Å².